The van der Waals surface area contributed by atoms with Crippen molar-refractivity contribution >= 4 is 34.7 Å². The van der Waals surface area contributed by atoms with E-state index in [4.69, 9.17) is 25.8 Å². The molecular weight excluding hydrogens is 482 g/mol. The van der Waals surface area contributed by atoms with E-state index in [0.29, 0.717) is 44.6 Å². The van der Waals surface area contributed by atoms with Gasteiger partial charge in [-0.05, 0) is 61.4 Å². The number of anilines is 1. The molecule has 1 amide bonds. The highest BCUT2D eigenvalue weighted by molar-refractivity contribution is 6.52. The van der Waals surface area contributed by atoms with Gasteiger partial charge >= 0.3 is 0 Å². The van der Waals surface area contributed by atoms with E-state index >= 15 is 0 Å². The number of ketones is 1. The molecule has 0 aliphatic carbocycles. The summed E-state index contributed by atoms with van der Waals surface area (Å²) in [6, 6.07) is 14.5. The third-order valence-electron chi connectivity index (χ3n) is 6.28. The van der Waals surface area contributed by atoms with Crippen molar-refractivity contribution in [3.8, 4) is 17.2 Å². The van der Waals surface area contributed by atoms with Crippen molar-refractivity contribution in [2.45, 2.75) is 19.9 Å². The molecule has 0 saturated carbocycles. The highest BCUT2D eigenvalue weighted by Crippen LogP contribution is 2.46. The molecule has 1 aliphatic rings. The van der Waals surface area contributed by atoms with E-state index in [1.807, 2.05) is 13.0 Å². The summed E-state index contributed by atoms with van der Waals surface area (Å²) < 4.78 is 16.3. The van der Waals surface area contributed by atoms with Gasteiger partial charge in [0.05, 0.1) is 38.5 Å². The fourth-order valence-corrected chi connectivity index (χ4v) is 4.60. The van der Waals surface area contributed by atoms with Gasteiger partial charge in [0.25, 0.3) is 11.7 Å². The summed E-state index contributed by atoms with van der Waals surface area (Å²) in [7, 11) is 4.49. The number of carbonyl (C=O) groups is 2. The third kappa shape index (κ3) is 4.16. The van der Waals surface area contributed by atoms with Crippen LogP contribution in [0.4, 0.5) is 5.69 Å². The van der Waals surface area contributed by atoms with Crippen molar-refractivity contribution in [3.05, 3.63) is 87.4 Å². The molecule has 4 rings (SSSR count). The van der Waals surface area contributed by atoms with Crippen LogP contribution in [0, 0.1) is 13.8 Å². The maximum absolute atomic E-state index is 13.5. The molecule has 36 heavy (non-hydrogen) atoms. The fourth-order valence-electron chi connectivity index (χ4n) is 4.43. The van der Waals surface area contributed by atoms with E-state index in [-0.39, 0.29) is 11.3 Å². The maximum atomic E-state index is 13.5. The smallest absolute Gasteiger partial charge is 0.300 e. The summed E-state index contributed by atoms with van der Waals surface area (Å²) in [5.74, 6) is -0.678. The second-order valence-electron chi connectivity index (χ2n) is 8.37. The molecule has 1 unspecified atom stereocenters. The molecule has 1 fully saturated rings. The number of nitrogens with zero attached hydrogens (tertiary/aromatic N) is 1. The monoisotopic (exact) mass is 507 g/mol. The number of methoxy groups -OCH3 is 3. The SMILES string of the molecule is COc1ccc(C2/C(=C(\O)c3cc(C)ccc3OC)C(=O)C(=O)N2c2cccc(Cl)c2C)cc1OC. The van der Waals surface area contributed by atoms with Gasteiger partial charge in [-0.15, -0.1) is 0 Å². The van der Waals surface area contributed by atoms with Gasteiger partial charge in [0.1, 0.15) is 11.5 Å². The first-order chi connectivity index (χ1) is 17.2. The number of hydrogen-bond acceptors (Lipinski definition) is 6. The second kappa shape index (κ2) is 9.95. The van der Waals surface area contributed by atoms with Crippen molar-refractivity contribution in [3.63, 3.8) is 0 Å². The minimum absolute atomic E-state index is 0.0736. The first-order valence-corrected chi connectivity index (χ1v) is 11.5. The summed E-state index contributed by atoms with van der Waals surface area (Å²) in [6.45, 7) is 3.63. The molecular formula is C28H26ClNO6. The number of aliphatic hydroxyl groups excluding tert-OH is 1. The van der Waals surface area contributed by atoms with Crippen molar-refractivity contribution in [2.75, 3.05) is 26.2 Å². The lowest BCUT2D eigenvalue weighted by atomic mass is 9.94. The Morgan fingerprint density at radius 1 is 0.889 bits per heavy atom. The van der Waals surface area contributed by atoms with Crippen LogP contribution in [0.3, 0.4) is 0 Å². The molecule has 1 aliphatic heterocycles. The Morgan fingerprint density at radius 3 is 2.22 bits per heavy atom. The summed E-state index contributed by atoms with van der Waals surface area (Å²) >= 11 is 6.37. The van der Waals surface area contributed by atoms with Gasteiger partial charge in [0.15, 0.2) is 11.5 Å². The molecule has 3 aromatic carbocycles. The molecule has 186 valence electrons. The molecule has 0 spiro atoms. The maximum Gasteiger partial charge on any atom is 0.300 e. The number of Topliss-reactive ketones (excluding diaryl/α,β-unsaturated/α-hetero) is 1. The number of amides is 1. The molecule has 0 radical (unpaired) electrons. The second-order valence-corrected chi connectivity index (χ2v) is 8.78. The van der Waals surface area contributed by atoms with Crippen LogP contribution in [-0.2, 0) is 9.59 Å². The minimum atomic E-state index is -0.966. The highest BCUT2D eigenvalue weighted by atomic mass is 35.5. The molecule has 0 bridgehead atoms. The molecule has 1 saturated heterocycles. The zero-order valence-corrected chi connectivity index (χ0v) is 21.3. The summed E-state index contributed by atoms with van der Waals surface area (Å²) in [5.41, 5.74) is 2.71. The standard InChI is InChI=1S/C28H26ClNO6/c1-15-9-11-21(34-3)18(13-15)26(31)24-25(17-10-12-22(35-4)23(14-17)36-5)30(28(33)27(24)32)20-8-6-7-19(29)16(20)2/h6-14,25,31H,1-5H3/b26-24+. The van der Waals surface area contributed by atoms with Crippen LogP contribution in [0.5, 0.6) is 17.2 Å². The molecule has 1 heterocycles. The Labute approximate surface area is 214 Å². The minimum Gasteiger partial charge on any atom is -0.507 e. The van der Waals surface area contributed by atoms with E-state index in [1.54, 1.807) is 55.5 Å². The van der Waals surface area contributed by atoms with E-state index in [2.05, 4.69) is 0 Å². The van der Waals surface area contributed by atoms with Crippen LogP contribution in [0.25, 0.3) is 5.76 Å². The number of rotatable bonds is 6. The van der Waals surface area contributed by atoms with Crippen molar-refractivity contribution in [1.82, 2.24) is 0 Å². The number of ether oxygens (including phenoxy) is 3. The Kier molecular flexibility index (Phi) is 6.95. The van der Waals surface area contributed by atoms with Gasteiger partial charge in [-0.25, -0.2) is 0 Å². The molecule has 3 aromatic rings. The van der Waals surface area contributed by atoms with Crippen molar-refractivity contribution in [2.24, 2.45) is 0 Å². The molecule has 0 aromatic heterocycles. The van der Waals surface area contributed by atoms with E-state index < -0.39 is 17.7 Å². The van der Waals surface area contributed by atoms with Crippen molar-refractivity contribution < 1.29 is 28.9 Å². The van der Waals surface area contributed by atoms with Crippen LogP contribution in [0.1, 0.15) is 28.3 Å². The van der Waals surface area contributed by atoms with Gasteiger partial charge in [0, 0.05) is 10.7 Å². The van der Waals surface area contributed by atoms with Gasteiger partial charge in [-0.1, -0.05) is 35.4 Å². The highest BCUT2D eigenvalue weighted by Gasteiger charge is 2.48. The summed E-state index contributed by atoms with van der Waals surface area (Å²) in [4.78, 5) is 28.4. The average molecular weight is 508 g/mol. The molecule has 1 N–H and O–H groups in total. The Hall–Kier alpha value is -3.97. The topological polar surface area (TPSA) is 85.3 Å². The van der Waals surface area contributed by atoms with Gasteiger partial charge in [0.2, 0.25) is 0 Å². The van der Waals surface area contributed by atoms with Crippen LogP contribution < -0.4 is 19.1 Å². The molecule has 7 nitrogen and oxygen atoms in total. The Morgan fingerprint density at radius 2 is 1.56 bits per heavy atom. The predicted molar refractivity (Wildman–Crippen MR) is 138 cm³/mol. The average Bonchev–Trinajstić information content (AvgIpc) is 3.14. The summed E-state index contributed by atoms with van der Waals surface area (Å²) in [6.07, 6.45) is 0. The van der Waals surface area contributed by atoms with Gasteiger partial charge in [-0.2, -0.15) is 0 Å². The Bertz CT molecular complexity index is 1400. The lowest BCUT2D eigenvalue weighted by molar-refractivity contribution is -0.132. The zero-order chi connectivity index (χ0) is 26.1. The van der Waals surface area contributed by atoms with Crippen LogP contribution in [-0.4, -0.2) is 38.1 Å². The van der Waals surface area contributed by atoms with Crippen LogP contribution in [0.15, 0.2) is 60.2 Å². The van der Waals surface area contributed by atoms with E-state index in [0.717, 1.165) is 5.56 Å². The van der Waals surface area contributed by atoms with Gasteiger partial charge < -0.3 is 19.3 Å². The van der Waals surface area contributed by atoms with Crippen LogP contribution in [0.2, 0.25) is 5.02 Å². The number of aliphatic hydroxyl groups is 1. The van der Waals surface area contributed by atoms with Crippen LogP contribution >= 0.6 is 11.6 Å². The first kappa shape index (κ1) is 25.1. The fraction of sp³-hybridized carbons (Fsp3) is 0.214. The van der Waals surface area contributed by atoms with E-state index in [9.17, 15) is 14.7 Å². The van der Waals surface area contributed by atoms with Crippen molar-refractivity contribution in [1.29, 1.82) is 0 Å². The molecule has 8 heteroatoms. The zero-order valence-electron chi connectivity index (χ0n) is 20.6. The largest absolute Gasteiger partial charge is 0.507 e. The molecule has 1 atom stereocenters. The third-order valence-corrected chi connectivity index (χ3v) is 6.69. The lowest BCUT2D eigenvalue weighted by Crippen LogP contribution is -2.30. The van der Waals surface area contributed by atoms with Gasteiger partial charge in [-0.3, -0.25) is 14.5 Å². The summed E-state index contributed by atoms with van der Waals surface area (Å²) in [5, 5.41) is 12.0. The van der Waals surface area contributed by atoms with E-state index in [1.165, 1.54) is 26.2 Å². The number of aryl methyl sites for hydroxylation is 1. The lowest BCUT2D eigenvalue weighted by Gasteiger charge is -2.27. The Balaban J connectivity index is 2.04. The normalized spacial score (nSPS) is 16.8. The number of hydrogen-bond donors (Lipinski definition) is 1. The number of carbonyl (C=O) groups excluding carboxylic acids is 2. The quantitative estimate of drug-likeness (QED) is 0.265. The number of benzene rings is 3. The number of halogens is 1. The first-order valence-electron chi connectivity index (χ1n) is 11.2. The predicted octanol–water partition coefficient (Wildman–Crippen LogP) is 5.61.